The molecule has 3 amide bonds. The Balaban J connectivity index is 1.68. The van der Waals surface area contributed by atoms with E-state index in [1.54, 1.807) is 13.8 Å². The fourth-order valence-electron chi connectivity index (χ4n) is 3.96. The number of amides is 3. The Morgan fingerprint density at radius 2 is 1.52 bits per heavy atom. The molecule has 0 spiro atoms. The molecule has 1 aliphatic carbocycles. The lowest BCUT2D eigenvalue weighted by Crippen LogP contribution is -2.54. The summed E-state index contributed by atoms with van der Waals surface area (Å²) in [5.74, 6) is -3.47. The van der Waals surface area contributed by atoms with Crippen LogP contribution in [0.15, 0.2) is 48.5 Å². The van der Waals surface area contributed by atoms with E-state index in [-0.39, 0.29) is 12.5 Å². The average molecular weight is 453 g/mol. The second kappa shape index (κ2) is 10.2. The summed E-state index contributed by atoms with van der Waals surface area (Å²) in [7, 11) is 0. The zero-order valence-corrected chi connectivity index (χ0v) is 18.4. The summed E-state index contributed by atoms with van der Waals surface area (Å²) < 4.78 is 5.40. The normalized spacial score (nSPS) is 14.0. The van der Waals surface area contributed by atoms with Crippen LogP contribution in [-0.4, -0.2) is 47.7 Å². The highest BCUT2D eigenvalue weighted by atomic mass is 16.5. The Hall–Kier alpha value is -3.88. The van der Waals surface area contributed by atoms with Crippen molar-refractivity contribution in [1.82, 2.24) is 10.6 Å². The molecule has 0 unspecified atom stereocenters. The summed E-state index contributed by atoms with van der Waals surface area (Å²) in [6.45, 7) is 3.27. The van der Waals surface area contributed by atoms with E-state index in [9.17, 15) is 24.3 Å². The van der Waals surface area contributed by atoms with Crippen molar-refractivity contribution in [2.75, 3.05) is 6.61 Å². The minimum Gasteiger partial charge on any atom is -0.480 e. The number of primary amides is 1. The summed E-state index contributed by atoms with van der Waals surface area (Å²) in [5.41, 5.74) is 9.41. The van der Waals surface area contributed by atoms with Gasteiger partial charge in [-0.2, -0.15) is 0 Å². The number of carboxylic acid groups (broad SMARTS) is 1. The number of hydrogen-bond donors (Lipinski definition) is 4. The fraction of sp³-hybridized carbons (Fsp3) is 0.333. The SMILES string of the molecule is CC(C)[C@H](NC(=O)[C@H](CC(N)=O)NC(=O)OCC1c2ccccc2-c2ccccc21)C(=O)O. The lowest BCUT2D eigenvalue weighted by atomic mass is 9.98. The van der Waals surface area contributed by atoms with Crippen molar-refractivity contribution >= 4 is 23.9 Å². The number of carbonyl (C=O) groups is 4. The smallest absolute Gasteiger partial charge is 0.407 e. The van der Waals surface area contributed by atoms with Crippen LogP contribution >= 0.6 is 0 Å². The summed E-state index contributed by atoms with van der Waals surface area (Å²) in [6, 6.07) is 13.1. The maximum absolute atomic E-state index is 12.6. The number of aliphatic carboxylic acids is 1. The molecule has 174 valence electrons. The molecular formula is C24H27N3O6. The summed E-state index contributed by atoms with van der Waals surface area (Å²) in [5, 5.41) is 14.0. The number of nitrogens with two attached hydrogens (primary N) is 1. The average Bonchev–Trinajstić information content (AvgIpc) is 3.08. The third-order valence-electron chi connectivity index (χ3n) is 5.59. The first kappa shape index (κ1) is 23.8. The maximum atomic E-state index is 12.6. The first-order valence-electron chi connectivity index (χ1n) is 10.6. The van der Waals surface area contributed by atoms with Crippen molar-refractivity contribution in [3.05, 3.63) is 59.7 Å². The van der Waals surface area contributed by atoms with Gasteiger partial charge < -0.3 is 26.2 Å². The number of benzene rings is 2. The third kappa shape index (κ3) is 5.49. The molecule has 0 heterocycles. The Kier molecular flexibility index (Phi) is 7.32. The van der Waals surface area contributed by atoms with Crippen molar-refractivity contribution in [3.8, 4) is 11.1 Å². The minimum absolute atomic E-state index is 0.0223. The van der Waals surface area contributed by atoms with Crippen LogP contribution in [0.3, 0.4) is 0 Å². The Morgan fingerprint density at radius 1 is 0.970 bits per heavy atom. The number of nitrogens with one attached hydrogen (secondary N) is 2. The van der Waals surface area contributed by atoms with Gasteiger partial charge in [0.25, 0.3) is 0 Å². The van der Waals surface area contributed by atoms with Gasteiger partial charge in [0.05, 0.1) is 6.42 Å². The standard InChI is InChI=1S/C24H27N3O6/c1-13(2)21(23(30)31)27-22(29)19(11-20(25)28)26-24(32)33-12-18-16-9-5-3-7-14(16)15-8-4-6-10-17(15)18/h3-10,13,18-19,21H,11-12H2,1-2H3,(H2,25,28)(H,26,32)(H,27,29)(H,30,31)/t19-,21-/m0/s1. The van der Waals surface area contributed by atoms with Crippen LogP contribution in [0.25, 0.3) is 11.1 Å². The van der Waals surface area contributed by atoms with Gasteiger partial charge in [-0.1, -0.05) is 62.4 Å². The molecule has 0 fully saturated rings. The Morgan fingerprint density at radius 3 is 2.00 bits per heavy atom. The van der Waals surface area contributed by atoms with Crippen LogP contribution in [0.5, 0.6) is 0 Å². The van der Waals surface area contributed by atoms with Gasteiger partial charge in [-0.25, -0.2) is 9.59 Å². The zero-order valence-electron chi connectivity index (χ0n) is 18.4. The number of carboxylic acids is 1. The van der Waals surface area contributed by atoms with Gasteiger partial charge in [0.2, 0.25) is 11.8 Å². The molecule has 2 atom stereocenters. The number of alkyl carbamates (subject to hydrolysis) is 1. The van der Waals surface area contributed by atoms with Crippen molar-refractivity contribution in [2.24, 2.45) is 11.7 Å². The van der Waals surface area contributed by atoms with Gasteiger partial charge >= 0.3 is 12.1 Å². The van der Waals surface area contributed by atoms with E-state index >= 15 is 0 Å². The van der Waals surface area contributed by atoms with E-state index in [0.29, 0.717) is 0 Å². The molecule has 9 heteroatoms. The number of hydrogen-bond acceptors (Lipinski definition) is 5. The minimum atomic E-state index is -1.36. The van der Waals surface area contributed by atoms with Crippen molar-refractivity contribution in [1.29, 1.82) is 0 Å². The third-order valence-corrected chi connectivity index (χ3v) is 5.59. The van der Waals surface area contributed by atoms with E-state index in [4.69, 9.17) is 10.5 Å². The zero-order chi connectivity index (χ0) is 24.1. The first-order chi connectivity index (χ1) is 15.7. The summed E-state index contributed by atoms with van der Waals surface area (Å²) >= 11 is 0. The van der Waals surface area contributed by atoms with Crippen molar-refractivity contribution in [2.45, 2.75) is 38.3 Å². The van der Waals surface area contributed by atoms with E-state index in [0.717, 1.165) is 22.3 Å². The summed E-state index contributed by atoms with van der Waals surface area (Å²) in [6.07, 6.45) is -1.41. The molecule has 2 aromatic rings. The molecule has 5 N–H and O–H groups in total. The van der Waals surface area contributed by atoms with Crippen molar-refractivity contribution < 1.29 is 29.0 Å². The number of fused-ring (bicyclic) bond motifs is 3. The molecular weight excluding hydrogens is 426 g/mol. The van der Waals surface area contributed by atoms with Gasteiger partial charge in [0, 0.05) is 5.92 Å². The largest absolute Gasteiger partial charge is 0.480 e. The first-order valence-corrected chi connectivity index (χ1v) is 10.6. The van der Waals surface area contributed by atoms with Gasteiger partial charge in [0.15, 0.2) is 0 Å². The molecule has 0 saturated heterocycles. The second-order valence-corrected chi connectivity index (χ2v) is 8.26. The summed E-state index contributed by atoms with van der Waals surface area (Å²) in [4.78, 5) is 47.9. The molecule has 0 saturated carbocycles. The monoisotopic (exact) mass is 453 g/mol. The molecule has 0 bridgehead atoms. The van der Waals surface area contributed by atoms with Crippen LogP contribution in [0.2, 0.25) is 0 Å². The van der Waals surface area contributed by atoms with Crippen LogP contribution in [-0.2, 0) is 19.1 Å². The highest BCUT2D eigenvalue weighted by molar-refractivity contribution is 5.92. The van der Waals surface area contributed by atoms with Crippen molar-refractivity contribution in [3.63, 3.8) is 0 Å². The van der Waals surface area contributed by atoms with E-state index < -0.39 is 48.3 Å². The lowest BCUT2D eigenvalue weighted by molar-refractivity contribution is -0.143. The maximum Gasteiger partial charge on any atom is 0.407 e. The topological polar surface area (TPSA) is 148 Å². The predicted molar refractivity (Wildman–Crippen MR) is 120 cm³/mol. The number of ether oxygens (including phenoxy) is 1. The molecule has 1 aliphatic rings. The molecule has 0 aromatic heterocycles. The quantitative estimate of drug-likeness (QED) is 0.456. The number of carbonyl (C=O) groups excluding carboxylic acids is 3. The van der Waals surface area contributed by atoms with Gasteiger partial charge in [-0.3, -0.25) is 9.59 Å². The van der Waals surface area contributed by atoms with E-state index in [2.05, 4.69) is 10.6 Å². The van der Waals surface area contributed by atoms with Gasteiger partial charge in [0.1, 0.15) is 18.7 Å². The van der Waals surface area contributed by atoms with Crippen LogP contribution < -0.4 is 16.4 Å². The predicted octanol–water partition coefficient (Wildman–Crippen LogP) is 1.99. The second-order valence-electron chi connectivity index (χ2n) is 8.26. The molecule has 9 nitrogen and oxygen atoms in total. The highest BCUT2D eigenvalue weighted by Crippen LogP contribution is 2.44. The van der Waals surface area contributed by atoms with Crippen LogP contribution in [0.1, 0.15) is 37.3 Å². The van der Waals surface area contributed by atoms with Gasteiger partial charge in [-0.05, 0) is 28.2 Å². The lowest BCUT2D eigenvalue weighted by Gasteiger charge is -2.23. The van der Waals surface area contributed by atoms with Crippen LogP contribution in [0, 0.1) is 5.92 Å². The molecule has 0 aliphatic heterocycles. The van der Waals surface area contributed by atoms with E-state index in [1.807, 2.05) is 48.5 Å². The number of rotatable bonds is 9. The molecule has 33 heavy (non-hydrogen) atoms. The molecule has 0 radical (unpaired) electrons. The highest BCUT2D eigenvalue weighted by Gasteiger charge is 2.32. The Labute approximate surface area is 191 Å². The Bertz CT molecular complexity index is 1020. The molecule has 2 aromatic carbocycles. The van der Waals surface area contributed by atoms with Crippen LogP contribution in [0.4, 0.5) is 4.79 Å². The van der Waals surface area contributed by atoms with E-state index in [1.165, 1.54) is 0 Å². The van der Waals surface area contributed by atoms with Gasteiger partial charge in [-0.15, -0.1) is 0 Å². The fourth-order valence-corrected chi connectivity index (χ4v) is 3.96. The molecule has 3 rings (SSSR count).